The first-order chi connectivity index (χ1) is 12.3. The van der Waals surface area contributed by atoms with Crippen molar-refractivity contribution in [3.05, 3.63) is 66.2 Å². The highest BCUT2D eigenvalue weighted by atomic mass is 16.2. The highest BCUT2D eigenvalue weighted by Crippen LogP contribution is 2.22. The Morgan fingerprint density at radius 2 is 1.96 bits per heavy atom. The summed E-state index contributed by atoms with van der Waals surface area (Å²) >= 11 is 0. The average molecular weight is 333 g/mol. The van der Waals surface area contributed by atoms with E-state index in [0.717, 1.165) is 37.3 Å². The molecule has 1 atom stereocenters. The molecule has 0 bridgehead atoms. The van der Waals surface area contributed by atoms with Crippen molar-refractivity contribution in [2.45, 2.75) is 12.8 Å². The molecular formula is C19H19N5O. The Morgan fingerprint density at radius 1 is 1.12 bits per heavy atom. The number of likely N-dealkylation sites (tertiary alicyclic amines) is 1. The van der Waals surface area contributed by atoms with E-state index in [9.17, 15) is 4.79 Å². The number of aromatic nitrogens is 4. The standard InChI is InChI=1S/C19H19N5O/c25-19(18-12-17(22-23-18)16-6-2-4-9-21-16)24-10-7-14(13-24)11-15-5-1-3-8-20-15/h1-6,8-9,12,14H,7,10-11,13H2,(H,22,23). The van der Waals surface area contributed by atoms with Crippen LogP contribution in [0.15, 0.2) is 54.9 Å². The van der Waals surface area contributed by atoms with E-state index < -0.39 is 0 Å². The maximum atomic E-state index is 12.7. The van der Waals surface area contributed by atoms with E-state index >= 15 is 0 Å². The molecule has 0 aliphatic carbocycles. The fourth-order valence-corrected chi connectivity index (χ4v) is 3.25. The molecule has 6 nitrogen and oxygen atoms in total. The first-order valence-electron chi connectivity index (χ1n) is 8.45. The Hall–Kier alpha value is -3.02. The maximum absolute atomic E-state index is 12.7. The van der Waals surface area contributed by atoms with Gasteiger partial charge in [0.15, 0.2) is 0 Å². The molecule has 1 aliphatic heterocycles. The minimum atomic E-state index is -0.00166. The van der Waals surface area contributed by atoms with Gasteiger partial charge in [0.25, 0.3) is 5.91 Å². The third-order valence-electron chi connectivity index (χ3n) is 4.53. The highest BCUT2D eigenvalue weighted by Gasteiger charge is 2.28. The van der Waals surface area contributed by atoms with Crippen molar-refractivity contribution >= 4 is 5.91 Å². The van der Waals surface area contributed by atoms with Gasteiger partial charge in [-0.15, -0.1) is 0 Å². The molecular weight excluding hydrogens is 314 g/mol. The molecule has 3 aromatic rings. The van der Waals surface area contributed by atoms with Crippen LogP contribution < -0.4 is 0 Å². The summed E-state index contributed by atoms with van der Waals surface area (Å²) in [5.41, 5.74) is 3.04. The Bertz CT molecular complexity index is 847. The van der Waals surface area contributed by atoms with Crippen molar-refractivity contribution < 1.29 is 4.79 Å². The second kappa shape index (κ2) is 6.84. The van der Waals surface area contributed by atoms with E-state index in [0.29, 0.717) is 17.3 Å². The fourth-order valence-electron chi connectivity index (χ4n) is 3.25. The third kappa shape index (κ3) is 3.42. The second-order valence-corrected chi connectivity index (χ2v) is 6.31. The van der Waals surface area contributed by atoms with Crippen LogP contribution in [0.3, 0.4) is 0 Å². The van der Waals surface area contributed by atoms with Crippen molar-refractivity contribution in [1.82, 2.24) is 25.1 Å². The SMILES string of the molecule is O=C(c1cc(-c2ccccn2)n[nH]1)N1CCC(Cc2ccccn2)C1. The summed E-state index contributed by atoms with van der Waals surface area (Å²) in [5, 5.41) is 7.07. The summed E-state index contributed by atoms with van der Waals surface area (Å²) in [7, 11) is 0. The van der Waals surface area contributed by atoms with E-state index in [1.165, 1.54) is 0 Å². The lowest BCUT2D eigenvalue weighted by molar-refractivity contribution is 0.0781. The lowest BCUT2D eigenvalue weighted by Gasteiger charge is -2.15. The summed E-state index contributed by atoms with van der Waals surface area (Å²) in [5.74, 6) is 0.454. The minimum Gasteiger partial charge on any atom is -0.337 e. The van der Waals surface area contributed by atoms with Gasteiger partial charge in [-0.25, -0.2) is 0 Å². The lowest BCUT2D eigenvalue weighted by Crippen LogP contribution is -2.29. The monoisotopic (exact) mass is 333 g/mol. The molecule has 4 rings (SSSR count). The summed E-state index contributed by atoms with van der Waals surface area (Å²) in [6.07, 6.45) is 5.45. The quantitative estimate of drug-likeness (QED) is 0.796. The zero-order valence-electron chi connectivity index (χ0n) is 13.8. The molecule has 0 aromatic carbocycles. The molecule has 0 spiro atoms. The zero-order chi connectivity index (χ0) is 17.1. The predicted molar refractivity (Wildman–Crippen MR) is 93.8 cm³/mol. The van der Waals surface area contributed by atoms with Crippen molar-refractivity contribution in [3.63, 3.8) is 0 Å². The van der Waals surface area contributed by atoms with E-state index in [1.54, 1.807) is 12.3 Å². The molecule has 0 radical (unpaired) electrons. The number of hydrogen-bond acceptors (Lipinski definition) is 4. The Morgan fingerprint density at radius 3 is 2.72 bits per heavy atom. The van der Waals surface area contributed by atoms with Crippen LogP contribution in [0.1, 0.15) is 22.6 Å². The smallest absolute Gasteiger partial charge is 0.271 e. The van der Waals surface area contributed by atoms with Gasteiger partial charge in [-0.2, -0.15) is 5.10 Å². The molecule has 1 N–H and O–H groups in total. The van der Waals surface area contributed by atoms with Crippen LogP contribution in [0.25, 0.3) is 11.4 Å². The first kappa shape index (κ1) is 15.5. The average Bonchev–Trinajstić information content (AvgIpc) is 3.33. The van der Waals surface area contributed by atoms with Gasteiger partial charge in [0.1, 0.15) is 11.4 Å². The van der Waals surface area contributed by atoms with E-state index in [2.05, 4.69) is 20.2 Å². The predicted octanol–water partition coefficient (Wildman–Crippen LogP) is 2.57. The molecule has 1 saturated heterocycles. The number of H-pyrrole nitrogens is 1. The van der Waals surface area contributed by atoms with Crippen LogP contribution >= 0.6 is 0 Å². The van der Waals surface area contributed by atoms with Gasteiger partial charge in [-0.05, 0) is 49.1 Å². The van der Waals surface area contributed by atoms with E-state index in [-0.39, 0.29) is 5.91 Å². The van der Waals surface area contributed by atoms with Crippen LogP contribution in [0.2, 0.25) is 0 Å². The molecule has 1 amide bonds. The van der Waals surface area contributed by atoms with Crippen molar-refractivity contribution in [3.8, 4) is 11.4 Å². The Labute approximate surface area is 145 Å². The molecule has 3 aromatic heterocycles. The lowest BCUT2D eigenvalue weighted by atomic mass is 10.0. The fraction of sp³-hybridized carbons (Fsp3) is 0.263. The van der Waals surface area contributed by atoms with Crippen molar-refractivity contribution in [2.24, 2.45) is 5.92 Å². The van der Waals surface area contributed by atoms with Gasteiger partial charge in [-0.1, -0.05) is 12.1 Å². The third-order valence-corrected chi connectivity index (χ3v) is 4.53. The number of carbonyl (C=O) groups excluding carboxylic acids is 1. The minimum absolute atomic E-state index is 0.00166. The van der Waals surface area contributed by atoms with E-state index in [4.69, 9.17) is 0 Å². The second-order valence-electron chi connectivity index (χ2n) is 6.31. The first-order valence-corrected chi connectivity index (χ1v) is 8.45. The van der Waals surface area contributed by atoms with Gasteiger partial charge < -0.3 is 4.90 Å². The largest absolute Gasteiger partial charge is 0.337 e. The Kier molecular flexibility index (Phi) is 4.24. The maximum Gasteiger partial charge on any atom is 0.271 e. The number of pyridine rings is 2. The molecule has 126 valence electrons. The summed E-state index contributed by atoms with van der Waals surface area (Å²) in [4.78, 5) is 23.2. The molecule has 4 heterocycles. The van der Waals surface area contributed by atoms with E-state index in [1.807, 2.05) is 47.5 Å². The van der Waals surface area contributed by atoms with Gasteiger partial charge >= 0.3 is 0 Å². The zero-order valence-corrected chi connectivity index (χ0v) is 13.8. The number of amides is 1. The topological polar surface area (TPSA) is 74.8 Å². The number of nitrogens with zero attached hydrogens (tertiary/aromatic N) is 4. The van der Waals surface area contributed by atoms with Crippen LogP contribution in [-0.4, -0.2) is 44.1 Å². The van der Waals surface area contributed by atoms with Gasteiger partial charge in [0.2, 0.25) is 0 Å². The van der Waals surface area contributed by atoms with Crippen LogP contribution in [-0.2, 0) is 6.42 Å². The molecule has 6 heteroatoms. The number of carbonyl (C=O) groups is 1. The highest BCUT2D eigenvalue weighted by molar-refractivity contribution is 5.93. The van der Waals surface area contributed by atoms with Crippen LogP contribution in [0.4, 0.5) is 0 Å². The van der Waals surface area contributed by atoms with Gasteiger partial charge in [-0.3, -0.25) is 19.9 Å². The van der Waals surface area contributed by atoms with Crippen LogP contribution in [0, 0.1) is 5.92 Å². The molecule has 1 unspecified atom stereocenters. The number of nitrogens with one attached hydrogen (secondary N) is 1. The molecule has 0 saturated carbocycles. The van der Waals surface area contributed by atoms with Crippen molar-refractivity contribution in [2.75, 3.05) is 13.1 Å². The molecule has 25 heavy (non-hydrogen) atoms. The Balaban J connectivity index is 1.41. The normalized spacial score (nSPS) is 17.0. The van der Waals surface area contributed by atoms with Crippen LogP contribution in [0.5, 0.6) is 0 Å². The molecule has 1 aliphatic rings. The summed E-state index contributed by atoms with van der Waals surface area (Å²) < 4.78 is 0. The van der Waals surface area contributed by atoms with Crippen molar-refractivity contribution in [1.29, 1.82) is 0 Å². The number of aromatic amines is 1. The summed E-state index contributed by atoms with van der Waals surface area (Å²) in [6, 6.07) is 13.4. The number of rotatable bonds is 4. The van der Waals surface area contributed by atoms with Gasteiger partial charge in [0, 0.05) is 31.2 Å². The summed E-state index contributed by atoms with van der Waals surface area (Å²) in [6.45, 7) is 1.53. The number of hydrogen-bond donors (Lipinski definition) is 1. The molecule has 1 fully saturated rings. The van der Waals surface area contributed by atoms with Gasteiger partial charge in [0.05, 0.1) is 5.69 Å².